The lowest BCUT2D eigenvalue weighted by molar-refractivity contribution is 0.0645. The molecule has 3 rings (SSSR count). The fraction of sp³-hybridized carbons (Fsp3) is 0.350. The molecule has 1 aromatic carbocycles. The molecule has 6 nitrogen and oxygen atoms in total. The van der Waals surface area contributed by atoms with Crippen molar-refractivity contribution in [3.63, 3.8) is 0 Å². The maximum Gasteiger partial charge on any atom is 0.264 e. The molecule has 1 fully saturated rings. The summed E-state index contributed by atoms with van der Waals surface area (Å²) in [7, 11) is -3.46. The Morgan fingerprint density at radius 2 is 1.86 bits per heavy atom. The average molecular weight is 420 g/mol. The van der Waals surface area contributed by atoms with Gasteiger partial charge in [0, 0.05) is 44.7 Å². The van der Waals surface area contributed by atoms with E-state index in [1.54, 1.807) is 6.08 Å². The second-order valence-electron chi connectivity index (χ2n) is 6.76. The Kier molecular flexibility index (Phi) is 7.01. The van der Waals surface area contributed by atoms with E-state index in [9.17, 15) is 13.2 Å². The fourth-order valence-corrected chi connectivity index (χ4v) is 4.47. The van der Waals surface area contributed by atoms with Crippen LogP contribution in [0.5, 0.6) is 0 Å². The molecule has 0 unspecified atom stereocenters. The molecular formula is C20H25N3O3S2. The van der Waals surface area contributed by atoms with Crippen molar-refractivity contribution in [2.45, 2.75) is 6.92 Å². The molecule has 1 amide bonds. The van der Waals surface area contributed by atoms with Crippen LogP contribution < -0.4 is 4.72 Å². The van der Waals surface area contributed by atoms with E-state index in [0.717, 1.165) is 29.1 Å². The van der Waals surface area contributed by atoms with Crippen molar-refractivity contribution >= 4 is 33.3 Å². The van der Waals surface area contributed by atoms with Gasteiger partial charge in [-0.25, -0.2) is 13.1 Å². The first-order valence-corrected chi connectivity index (χ1v) is 11.7. The number of hydrogen-bond donors (Lipinski definition) is 1. The molecule has 1 aromatic heterocycles. The first-order valence-electron chi connectivity index (χ1n) is 9.22. The predicted octanol–water partition coefficient (Wildman–Crippen LogP) is 2.40. The number of nitrogens with zero attached hydrogens (tertiary/aromatic N) is 2. The minimum Gasteiger partial charge on any atom is -0.335 e. The number of carbonyl (C=O) groups excluding carboxylic acids is 1. The van der Waals surface area contributed by atoms with Crippen molar-refractivity contribution < 1.29 is 13.2 Å². The molecule has 28 heavy (non-hydrogen) atoms. The van der Waals surface area contributed by atoms with Crippen LogP contribution in [0.1, 0.15) is 20.8 Å². The zero-order chi connectivity index (χ0) is 20.0. The molecule has 150 valence electrons. The minimum atomic E-state index is -3.46. The summed E-state index contributed by atoms with van der Waals surface area (Å²) in [4.78, 5) is 17.1. The number of rotatable bonds is 7. The van der Waals surface area contributed by atoms with E-state index in [0.29, 0.717) is 26.2 Å². The van der Waals surface area contributed by atoms with Crippen molar-refractivity contribution in [3.8, 4) is 0 Å². The van der Waals surface area contributed by atoms with Crippen molar-refractivity contribution in [3.05, 3.63) is 63.2 Å². The second-order valence-corrected chi connectivity index (χ2v) is 9.36. The van der Waals surface area contributed by atoms with Crippen LogP contribution in [0.4, 0.5) is 0 Å². The zero-order valence-electron chi connectivity index (χ0n) is 15.9. The van der Waals surface area contributed by atoms with Crippen LogP contribution in [0.25, 0.3) is 6.08 Å². The number of sulfonamides is 1. The summed E-state index contributed by atoms with van der Waals surface area (Å²) in [6, 6.07) is 11.4. The number of thiophene rings is 1. The molecule has 0 saturated carbocycles. The van der Waals surface area contributed by atoms with E-state index in [1.165, 1.54) is 16.7 Å². The quantitative estimate of drug-likeness (QED) is 0.748. The summed E-state index contributed by atoms with van der Waals surface area (Å²) in [6.07, 6.45) is 1.59. The van der Waals surface area contributed by atoms with E-state index in [2.05, 4.69) is 9.62 Å². The number of piperazine rings is 1. The number of hydrogen-bond acceptors (Lipinski definition) is 5. The predicted molar refractivity (Wildman–Crippen MR) is 114 cm³/mol. The van der Waals surface area contributed by atoms with Gasteiger partial charge in [-0.15, -0.1) is 11.3 Å². The fourth-order valence-electron chi connectivity index (χ4n) is 2.97. The summed E-state index contributed by atoms with van der Waals surface area (Å²) in [5.41, 5.74) is 1.98. The second kappa shape index (κ2) is 9.47. The highest BCUT2D eigenvalue weighted by Crippen LogP contribution is 2.13. The summed E-state index contributed by atoms with van der Waals surface area (Å²) in [6.45, 7) is 5.78. The van der Waals surface area contributed by atoms with Gasteiger partial charge in [0.15, 0.2) is 0 Å². The third-order valence-electron chi connectivity index (χ3n) is 4.64. The maximum absolute atomic E-state index is 12.3. The third kappa shape index (κ3) is 6.00. The van der Waals surface area contributed by atoms with E-state index >= 15 is 0 Å². The molecule has 8 heteroatoms. The lowest BCUT2D eigenvalue weighted by Crippen LogP contribution is -2.50. The molecule has 0 atom stereocenters. The summed E-state index contributed by atoms with van der Waals surface area (Å²) >= 11 is 1.46. The number of carbonyl (C=O) groups is 1. The number of aryl methyl sites for hydroxylation is 1. The number of amides is 1. The normalized spacial score (nSPS) is 16.0. The number of nitrogens with one attached hydrogen (secondary N) is 1. The Labute approximate surface area is 170 Å². The van der Waals surface area contributed by atoms with Gasteiger partial charge < -0.3 is 4.90 Å². The van der Waals surface area contributed by atoms with Gasteiger partial charge in [-0.2, -0.15) is 0 Å². The van der Waals surface area contributed by atoms with Gasteiger partial charge in [-0.05, 0) is 30.0 Å². The minimum absolute atomic E-state index is 0.0802. The van der Waals surface area contributed by atoms with E-state index in [1.807, 2.05) is 53.6 Å². The van der Waals surface area contributed by atoms with Crippen LogP contribution in [0.3, 0.4) is 0 Å². The highest BCUT2D eigenvalue weighted by molar-refractivity contribution is 7.92. The largest absolute Gasteiger partial charge is 0.335 e. The summed E-state index contributed by atoms with van der Waals surface area (Å²) in [5.74, 6) is 0.0802. The maximum atomic E-state index is 12.3. The molecular weight excluding hydrogens is 394 g/mol. The average Bonchev–Trinajstić information content (AvgIpc) is 3.22. The molecule has 0 bridgehead atoms. The summed E-state index contributed by atoms with van der Waals surface area (Å²) < 4.78 is 26.8. The Bertz CT molecular complexity index is 899. The Morgan fingerprint density at radius 1 is 1.14 bits per heavy atom. The van der Waals surface area contributed by atoms with Crippen molar-refractivity contribution in [2.75, 3.05) is 39.3 Å². The number of benzene rings is 1. The van der Waals surface area contributed by atoms with Gasteiger partial charge in [0.05, 0.1) is 4.88 Å². The van der Waals surface area contributed by atoms with Gasteiger partial charge in [-0.1, -0.05) is 35.9 Å². The van der Waals surface area contributed by atoms with Crippen LogP contribution in [-0.2, 0) is 10.0 Å². The SMILES string of the molecule is Cc1ccc(/C=C/S(=O)(=O)NCCN2CCN(C(=O)c3cccs3)CC2)cc1. The molecule has 2 heterocycles. The standard InChI is InChI=1S/C20H25N3O3S2/c1-17-4-6-18(7-5-17)8-16-28(25,26)21-9-10-22-11-13-23(14-12-22)20(24)19-3-2-15-27-19/h2-8,15-16,21H,9-14H2,1H3/b16-8+. The van der Waals surface area contributed by atoms with Crippen molar-refractivity contribution in [1.29, 1.82) is 0 Å². The van der Waals surface area contributed by atoms with Crippen molar-refractivity contribution in [1.82, 2.24) is 14.5 Å². The van der Waals surface area contributed by atoms with Crippen LogP contribution in [0.2, 0.25) is 0 Å². The Hall–Kier alpha value is -2.00. The topological polar surface area (TPSA) is 69.7 Å². The van der Waals surface area contributed by atoms with Gasteiger partial charge in [-0.3, -0.25) is 9.69 Å². The Balaban J connectivity index is 1.40. The highest BCUT2D eigenvalue weighted by atomic mass is 32.2. The first kappa shape index (κ1) is 20.7. The molecule has 1 saturated heterocycles. The molecule has 0 radical (unpaired) electrons. The highest BCUT2D eigenvalue weighted by Gasteiger charge is 2.22. The molecule has 2 aromatic rings. The molecule has 0 spiro atoms. The van der Waals surface area contributed by atoms with Gasteiger partial charge in [0.1, 0.15) is 0 Å². The lowest BCUT2D eigenvalue weighted by Gasteiger charge is -2.34. The van der Waals surface area contributed by atoms with Crippen LogP contribution in [0.15, 0.2) is 47.2 Å². The van der Waals surface area contributed by atoms with Crippen molar-refractivity contribution in [2.24, 2.45) is 0 Å². The van der Waals surface area contributed by atoms with E-state index < -0.39 is 10.0 Å². The zero-order valence-corrected chi connectivity index (χ0v) is 17.5. The summed E-state index contributed by atoms with van der Waals surface area (Å²) in [5, 5.41) is 3.11. The molecule has 1 aliphatic heterocycles. The van der Waals surface area contributed by atoms with Crippen LogP contribution >= 0.6 is 11.3 Å². The molecule has 1 aliphatic rings. The van der Waals surface area contributed by atoms with Gasteiger partial charge >= 0.3 is 0 Å². The molecule has 0 aliphatic carbocycles. The molecule has 1 N–H and O–H groups in total. The van der Waals surface area contributed by atoms with Gasteiger partial charge in [0.25, 0.3) is 5.91 Å². The first-order chi connectivity index (χ1) is 13.4. The van der Waals surface area contributed by atoms with E-state index in [-0.39, 0.29) is 5.91 Å². The van der Waals surface area contributed by atoms with Crippen LogP contribution in [-0.4, -0.2) is 63.4 Å². The smallest absolute Gasteiger partial charge is 0.264 e. The van der Waals surface area contributed by atoms with Gasteiger partial charge in [0.2, 0.25) is 10.0 Å². The van der Waals surface area contributed by atoms with E-state index in [4.69, 9.17) is 0 Å². The monoisotopic (exact) mass is 419 g/mol. The van der Waals surface area contributed by atoms with Crippen LogP contribution in [0, 0.1) is 6.92 Å². The Morgan fingerprint density at radius 3 is 2.50 bits per heavy atom. The lowest BCUT2D eigenvalue weighted by atomic mass is 10.2. The third-order valence-corrected chi connectivity index (χ3v) is 6.60.